The molecule has 0 N–H and O–H groups in total. The molecule has 0 radical (unpaired) electrons. The summed E-state index contributed by atoms with van der Waals surface area (Å²) in [5.74, 6) is 1.63. The van der Waals surface area contributed by atoms with Gasteiger partial charge in [0, 0.05) is 55.6 Å². The number of imidazole rings is 1. The summed E-state index contributed by atoms with van der Waals surface area (Å²) in [4.78, 5) is 14.4. The zero-order valence-corrected chi connectivity index (χ0v) is 21.7. The summed E-state index contributed by atoms with van der Waals surface area (Å²) < 4.78 is 13.9. The Morgan fingerprint density at radius 3 is 2.58 bits per heavy atom. The van der Waals surface area contributed by atoms with Gasteiger partial charge in [0.2, 0.25) is 0 Å². The van der Waals surface area contributed by atoms with Crippen LogP contribution in [0.3, 0.4) is 0 Å². The highest BCUT2D eigenvalue weighted by Crippen LogP contribution is 2.37. The molecule has 3 aromatic heterocycles. The molecule has 2 aliphatic heterocycles. The predicted molar refractivity (Wildman–Crippen MR) is 147 cm³/mol. The lowest BCUT2D eigenvalue weighted by Crippen LogP contribution is -2.47. The van der Waals surface area contributed by atoms with E-state index in [1.54, 1.807) is 0 Å². The smallest absolute Gasteiger partial charge is 0.187 e. The van der Waals surface area contributed by atoms with Crippen molar-refractivity contribution < 1.29 is 9.26 Å². The number of benzene rings is 2. The third-order valence-electron chi connectivity index (χ3n) is 7.67. The van der Waals surface area contributed by atoms with E-state index in [0.717, 1.165) is 78.9 Å². The number of aromatic nitrogens is 4. The van der Waals surface area contributed by atoms with Gasteiger partial charge in [0.05, 0.1) is 22.6 Å². The number of aryl methyl sites for hydroxylation is 2. The second kappa shape index (κ2) is 9.29. The first-order valence-corrected chi connectivity index (χ1v) is 13.2. The molecule has 192 valence electrons. The minimum atomic E-state index is 0.456. The van der Waals surface area contributed by atoms with E-state index < -0.39 is 0 Å². The fraction of sp³-hybridized carbons (Fsp3) is 0.300. The summed E-state index contributed by atoms with van der Waals surface area (Å²) >= 11 is 0. The Hall–Kier alpha value is -4.17. The van der Waals surface area contributed by atoms with E-state index in [1.807, 2.05) is 26.2 Å². The van der Waals surface area contributed by atoms with Crippen molar-refractivity contribution in [1.82, 2.24) is 24.6 Å². The van der Waals surface area contributed by atoms with Gasteiger partial charge < -0.3 is 14.2 Å². The minimum Gasteiger partial charge on any atom is -0.485 e. The van der Waals surface area contributed by atoms with Gasteiger partial charge in [-0.1, -0.05) is 23.4 Å². The van der Waals surface area contributed by atoms with Crippen LogP contribution in [0, 0.1) is 13.8 Å². The van der Waals surface area contributed by atoms with Crippen molar-refractivity contribution in [3.8, 4) is 22.9 Å². The molecule has 8 nitrogen and oxygen atoms in total. The number of hydrogen-bond acceptors (Lipinski definition) is 7. The first-order valence-electron chi connectivity index (χ1n) is 13.2. The Labute approximate surface area is 221 Å². The quantitative estimate of drug-likeness (QED) is 0.334. The summed E-state index contributed by atoms with van der Waals surface area (Å²) in [5, 5.41) is 5.25. The van der Waals surface area contributed by atoms with Gasteiger partial charge >= 0.3 is 0 Å². The Bertz CT molecular complexity index is 1630. The Morgan fingerprint density at radius 1 is 0.895 bits per heavy atom. The van der Waals surface area contributed by atoms with E-state index in [1.165, 1.54) is 16.6 Å². The van der Waals surface area contributed by atoms with Crippen molar-refractivity contribution in [1.29, 1.82) is 0 Å². The molecule has 2 aliphatic rings. The Kier molecular flexibility index (Phi) is 5.62. The molecule has 1 saturated heterocycles. The van der Waals surface area contributed by atoms with Crippen molar-refractivity contribution in [2.24, 2.45) is 0 Å². The standard InChI is InChI=1S/C30H30N6O2/c1-20-9-10-23-24(32-20)6-4-7-25(23)35-15-13-34(14-16-35)12-11-22-5-3-8-26-30(22)37-18-27-29(31-19-36(26)27)28-17-21(2)33-38-28/h3-10,17,19H,11-16,18H2,1-2H3. The maximum absolute atomic E-state index is 6.32. The second-order valence-electron chi connectivity index (χ2n) is 10.2. The maximum atomic E-state index is 6.32. The molecule has 0 spiro atoms. The second-order valence-corrected chi connectivity index (χ2v) is 10.2. The van der Waals surface area contributed by atoms with Crippen LogP contribution in [0.2, 0.25) is 0 Å². The average Bonchev–Trinajstić information content (AvgIpc) is 3.58. The summed E-state index contributed by atoms with van der Waals surface area (Å²) in [6, 6.07) is 19.1. The maximum Gasteiger partial charge on any atom is 0.187 e. The minimum absolute atomic E-state index is 0.456. The number of piperazine rings is 1. The molecule has 7 rings (SSSR count). The number of para-hydroxylation sites is 1. The molecule has 38 heavy (non-hydrogen) atoms. The van der Waals surface area contributed by atoms with Crippen LogP contribution < -0.4 is 9.64 Å². The molecule has 5 heterocycles. The van der Waals surface area contributed by atoms with E-state index in [-0.39, 0.29) is 0 Å². The highest BCUT2D eigenvalue weighted by Gasteiger charge is 2.26. The predicted octanol–water partition coefficient (Wildman–Crippen LogP) is 4.95. The lowest BCUT2D eigenvalue weighted by Gasteiger charge is -2.36. The van der Waals surface area contributed by atoms with Crippen LogP contribution in [0.15, 0.2) is 65.4 Å². The fourth-order valence-corrected chi connectivity index (χ4v) is 5.67. The van der Waals surface area contributed by atoms with Crippen molar-refractivity contribution in [3.05, 3.63) is 83.6 Å². The molecule has 0 atom stereocenters. The highest BCUT2D eigenvalue weighted by atomic mass is 16.5. The summed E-state index contributed by atoms with van der Waals surface area (Å²) in [6.07, 6.45) is 2.80. The molecule has 8 heteroatoms. The van der Waals surface area contributed by atoms with E-state index in [4.69, 9.17) is 14.2 Å². The number of anilines is 1. The first kappa shape index (κ1) is 23.0. The molecule has 0 unspecified atom stereocenters. The van der Waals surface area contributed by atoms with Crippen molar-refractivity contribution in [2.75, 3.05) is 37.6 Å². The topological polar surface area (TPSA) is 72.5 Å². The number of pyridine rings is 1. The van der Waals surface area contributed by atoms with Gasteiger partial charge in [0.1, 0.15) is 24.4 Å². The molecular formula is C30H30N6O2. The highest BCUT2D eigenvalue weighted by molar-refractivity contribution is 5.92. The molecule has 0 amide bonds. The average molecular weight is 507 g/mol. The van der Waals surface area contributed by atoms with Crippen molar-refractivity contribution >= 4 is 16.6 Å². The summed E-state index contributed by atoms with van der Waals surface area (Å²) in [5.41, 5.74) is 8.30. The van der Waals surface area contributed by atoms with Gasteiger partial charge in [-0.3, -0.25) is 14.5 Å². The van der Waals surface area contributed by atoms with E-state index >= 15 is 0 Å². The lowest BCUT2D eigenvalue weighted by atomic mass is 10.1. The number of hydrogen-bond donors (Lipinski definition) is 0. The number of fused-ring (bicyclic) bond motifs is 4. The number of nitrogens with zero attached hydrogens (tertiary/aromatic N) is 6. The summed E-state index contributed by atoms with van der Waals surface area (Å²) in [7, 11) is 0. The fourth-order valence-electron chi connectivity index (χ4n) is 5.67. The molecule has 0 saturated carbocycles. The van der Waals surface area contributed by atoms with Crippen LogP contribution in [0.25, 0.3) is 28.0 Å². The van der Waals surface area contributed by atoms with E-state index in [0.29, 0.717) is 12.4 Å². The summed E-state index contributed by atoms with van der Waals surface area (Å²) in [6.45, 7) is 9.52. The van der Waals surface area contributed by atoms with Crippen LogP contribution in [0.4, 0.5) is 5.69 Å². The molecule has 0 bridgehead atoms. The number of rotatable bonds is 5. The van der Waals surface area contributed by atoms with Crippen LogP contribution in [0.5, 0.6) is 5.75 Å². The van der Waals surface area contributed by atoms with Gasteiger partial charge in [-0.25, -0.2) is 4.98 Å². The van der Waals surface area contributed by atoms with Gasteiger partial charge in [0.15, 0.2) is 5.76 Å². The van der Waals surface area contributed by atoms with Gasteiger partial charge in [0.25, 0.3) is 0 Å². The largest absolute Gasteiger partial charge is 0.485 e. The van der Waals surface area contributed by atoms with Gasteiger partial charge in [-0.15, -0.1) is 0 Å². The third-order valence-corrected chi connectivity index (χ3v) is 7.67. The zero-order valence-electron chi connectivity index (χ0n) is 21.7. The van der Waals surface area contributed by atoms with E-state index in [9.17, 15) is 0 Å². The molecular weight excluding hydrogens is 476 g/mol. The molecule has 0 aliphatic carbocycles. The van der Waals surface area contributed by atoms with E-state index in [2.05, 4.69) is 73.0 Å². The van der Waals surface area contributed by atoms with Gasteiger partial charge in [-0.05, 0) is 56.2 Å². The first-order chi connectivity index (χ1) is 18.6. The van der Waals surface area contributed by atoms with Crippen LogP contribution >= 0.6 is 0 Å². The third kappa shape index (κ3) is 4.01. The SMILES string of the molecule is Cc1cc(-c2ncn3c2COc2c(CCN4CCN(c5cccc6nc(C)ccc56)CC4)cccc2-3)on1. The zero-order chi connectivity index (χ0) is 25.6. The van der Waals surface area contributed by atoms with Crippen LogP contribution in [-0.4, -0.2) is 57.3 Å². The molecule has 2 aromatic carbocycles. The Morgan fingerprint density at radius 2 is 1.74 bits per heavy atom. The number of ether oxygens (including phenoxy) is 1. The molecule has 5 aromatic rings. The van der Waals surface area contributed by atoms with Crippen molar-refractivity contribution in [2.45, 2.75) is 26.9 Å². The molecule has 1 fully saturated rings. The Balaban J connectivity index is 1.04. The normalized spacial score (nSPS) is 15.4. The van der Waals surface area contributed by atoms with Gasteiger partial charge in [-0.2, -0.15) is 0 Å². The van der Waals surface area contributed by atoms with Crippen LogP contribution in [0.1, 0.15) is 22.6 Å². The lowest BCUT2D eigenvalue weighted by molar-refractivity contribution is 0.255. The van der Waals surface area contributed by atoms with Crippen molar-refractivity contribution in [3.63, 3.8) is 0 Å². The van der Waals surface area contributed by atoms with Crippen LogP contribution in [-0.2, 0) is 13.0 Å². The monoisotopic (exact) mass is 506 g/mol.